The average Bonchev–Trinajstić information content (AvgIpc) is 3.00. The summed E-state index contributed by atoms with van der Waals surface area (Å²) in [7, 11) is 1.92. The van der Waals surface area contributed by atoms with Crippen LogP contribution < -0.4 is 5.32 Å². The molecule has 0 aliphatic carbocycles. The lowest BCUT2D eigenvalue weighted by atomic mass is 10.1. The third kappa shape index (κ3) is 4.20. The highest BCUT2D eigenvalue weighted by Crippen LogP contribution is 2.12. The Balaban J connectivity index is 1.90. The molecule has 0 unspecified atom stereocenters. The van der Waals surface area contributed by atoms with Crippen LogP contribution >= 0.6 is 0 Å². The molecule has 0 fully saturated rings. The Morgan fingerprint density at radius 3 is 2.52 bits per heavy atom. The normalized spacial score (nSPS) is 13.9. The first-order valence-corrected chi connectivity index (χ1v) is 7.16. The van der Waals surface area contributed by atoms with E-state index in [1.54, 1.807) is 6.26 Å². The SMILES string of the molecule is C[C@@H](NC(=O)[C@H](C)N(C)Cc1ccco1)c1ccccc1. The van der Waals surface area contributed by atoms with Crippen molar-refractivity contribution in [3.8, 4) is 0 Å². The maximum atomic E-state index is 12.3. The van der Waals surface area contributed by atoms with Gasteiger partial charge in [0, 0.05) is 0 Å². The third-order valence-electron chi connectivity index (χ3n) is 3.68. The van der Waals surface area contributed by atoms with Crippen LogP contribution in [0.3, 0.4) is 0 Å². The Bertz CT molecular complexity index is 551. The van der Waals surface area contributed by atoms with Crippen molar-refractivity contribution in [1.82, 2.24) is 10.2 Å². The Labute approximate surface area is 125 Å². The maximum Gasteiger partial charge on any atom is 0.237 e. The van der Waals surface area contributed by atoms with Crippen LogP contribution in [0.4, 0.5) is 0 Å². The molecular formula is C17H22N2O2. The summed E-state index contributed by atoms with van der Waals surface area (Å²) >= 11 is 0. The molecule has 0 aliphatic heterocycles. The van der Waals surface area contributed by atoms with Gasteiger partial charge < -0.3 is 9.73 Å². The van der Waals surface area contributed by atoms with Crippen LogP contribution in [0, 0.1) is 0 Å². The monoisotopic (exact) mass is 286 g/mol. The molecule has 2 aromatic rings. The van der Waals surface area contributed by atoms with E-state index in [-0.39, 0.29) is 18.0 Å². The summed E-state index contributed by atoms with van der Waals surface area (Å²) in [6.07, 6.45) is 1.64. The van der Waals surface area contributed by atoms with E-state index in [0.29, 0.717) is 6.54 Å². The van der Waals surface area contributed by atoms with Gasteiger partial charge in [0.1, 0.15) is 5.76 Å². The summed E-state index contributed by atoms with van der Waals surface area (Å²) in [5.74, 6) is 0.869. The average molecular weight is 286 g/mol. The van der Waals surface area contributed by atoms with Gasteiger partial charge in [0.05, 0.1) is 24.9 Å². The van der Waals surface area contributed by atoms with Gasteiger partial charge in [-0.3, -0.25) is 9.69 Å². The van der Waals surface area contributed by atoms with Gasteiger partial charge in [-0.15, -0.1) is 0 Å². The van der Waals surface area contributed by atoms with Gasteiger partial charge in [0.25, 0.3) is 0 Å². The number of carbonyl (C=O) groups excluding carboxylic acids is 1. The number of nitrogens with zero attached hydrogens (tertiary/aromatic N) is 1. The fraction of sp³-hybridized carbons (Fsp3) is 0.353. The Hall–Kier alpha value is -2.07. The number of rotatable bonds is 6. The predicted molar refractivity (Wildman–Crippen MR) is 82.6 cm³/mol. The molecule has 4 heteroatoms. The molecule has 1 N–H and O–H groups in total. The number of amides is 1. The van der Waals surface area contributed by atoms with Crippen molar-refractivity contribution < 1.29 is 9.21 Å². The van der Waals surface area contributed by atoms with Crippen molar-refractivity contribution in [2.75, 3.05) is 7.05 Å². The van der Waals surface area contributed by atoms with Gasteiger partial charge >= 0.3 is 0 Å². The Morgan fingerprint density at radius 2 is 1.90 bits per heavy atom. The topological polar surface area (TPSA) is 45.5 Å². The molecule has 2 atom stereocenters. The highest BCUT2D eigenvalue weighted by molar-refractivity contribution is 5.81. The zero-order chi connectivity index (χ0) is 15.2. The number of nitrogens with one attached hydrogen (secondary N) is 1. The summed E-state index contributed by atoms with van der Waals surface area (Å²) < 4.78 is 5.31. The Morgan fingerprint density at radius 1 is 1.19 bits per heavy atom. The number of carbonyl (C=O) groups is 1. The first-order valence-electron chi connectivity index (χ1n) is 7.16. The van der Waals surface area contributed by atoms with Crippen molar-refractivity contribution >= 4 is 5.91 Å². The lowest BCUT2D eigenvalue weighted by Crippen LogP contribution is -2.43. The van der Waals surface area contributed by atoms with Crippen LogP contribution in [-0.4, -0.2) is 23.9 Å². The number of benzene rings is 1. The van der Waals surface area contributed by atoms with E-state index < -0.39 is 0 Å². The second-order valence-electron chi connectivity index (χ2n) is 5.31. The summed E-state index contributed by atoms with van der Waals surface area (Å²) in [5.41, 5.74) is 1.10. The molecule has 1 heterocycles. The molecule has 0 aliphatic rings. The second-order valence-corrected chi connectivity index (χ2v) is 5.31. The van der Waals surface area contributed by atoms with Crippen LogP contribution in [0.15, 0.2) is 53.1 Å². The molecule has 1 aromatic heterocycles. The van der Waals surface area contributed by atoms with Gasteiger partial charge in [0.2, 0.25) is 5.91 Å². The molecule has 21 heavy (non-hydrogen) atoms. The highest BCUT2D eigenvalue weighted by Gasteiger charge is 2.20. The number of likely N-dealkylation sites (N-methyl/N-ethyl adjacent to an activating group) is 1. The highest BCUT2D eigenvalue weighted by atomic mass is 16.3. The quantitative estimate of drug-likeness (QED) is 0.888. The van der Waals surface area contributed by atoms with Gasteiger partial charge in [-0.05, 0) is 38.6 Å². The first-order chi connectivity index (χ1) is 10.1. The largest absolute Gasteiger partial charge is 0.468 e. The lowest BCUT2D eigenvalue weighted by molar-refractivity contribution is -0.126. The zero-order valence-corrected chi connectivity index (χ0v) is 12.7. The molecule has 0 saturated carbocycles. The molecule has 0 radical (unpaired) electrons. The molecule has 112 valence electrons. The molecule has 0 bridgehead atoms. The summed E-state index contributed by atoms with van der Waals surface area (Å²) in [6.45, 7) is 4.50. The zero-order valence-electron chi connectivity index (χ0n) is 12.7. The van der Waals surface area contributed by atoms with Crippen LogP contribution in [0.1, 0.15) is 31.2 Å². The molecule has 1 amide bonds. The number of hydrogen-bond acceptors (Lipinski definition) is 3. The van der Waals surface area contributed by atoms with E-state index in [1.165, 1.54) is 0 Å². The number of furan rings is 1. The van der Waals surface area contributed by atoms with Crippen LogP contribution in [0.25, 0.3) is 0 Å². The molecule has 0 saturated heterocycles. The standard InChI is InChI=1S/C17H22N2O2/c1-13(15-8-5-4-6-9-15)18-17(20)14(2)19(3)12-16-10-7-11-21-16/h4-11,13-14H,12H2,1-3H3,(H,18,20)/t13-,14+/m1/s1. The van der Waals surface area contributed by atoms with Crippen molar-refractivity contribution in [3.05, 3.63) is 60.1 Å². The maximum absolute atomic E-state index is 12.3. The number of hydrogen-bond donors (Lipinski definition) is 1. The van der Waals surface area contributed by atoms with E-state index >= 15 is 0 Å². The van der Waals surface area contributed by atoms with Crippen LogP contribution in [0.5, 0.6) is 0 Å². The van der Waals surface area contributed by atoms with E-state index in [2.05, 4.69) is 5.32 Å². The van der Waals surface area contributed by atoms with Crippen LogP contribution in [-0.2, 0) is 11.3 Å². The minimum atomic E-state index is -0.221. The van der Waals surface area contributed by atoms with Gasteiger partial charge in [0.15, 0.2) is 0 Å². The van der Waals surface area contributed by atoms with Gasteiger partial charge in [-0.25, -0.2) is 0 Å². The minimum absolute atomic E-state index is 0.00170. The molecule has 0 spiro atoms. The fourth-order valence-electron chi connectivity index (χ4n) is 2.14. The molecule has 4 nitrogen and oxygen atoms in total. The molecule has 2 rings (SSSR count). The molecular weight excluding hydrogens is 264 g/mol. The van der Waals surface area contributed by atoms with Gasteiger partial charge in [-0.2, -0.15) is 0 Å². The van der Waals surface area contributed by atoms with Crippen molar-refractivity contribution in [2.45, 2.75) is 32.5 Å². The second kappa shape index (κ2) is 7.09. The predicted octanol–water partition coefficient (Wildman–Crippen LogP) is 2.98. The van der Waals surface area contributed by atoms with Crippen LogP contribution in [0.2, 0.25) is 0 Å². The van der Waals surface area contributed by atoms with E-state index in [4.69, 9.17) is 4.42 Å². The Kier molecular flexibility index (Phi) is 5.17. The molecule has 1 aromatic carbocycles. The smallest absolute Gasteiger partial charge is 0.237 e. The van der Waals surface area contributed by atoms with Crippen molar-refractivity contribution in [2.24, 2.45) is 0 Å². The lowest BCUT2D eigenvalue weighted by Gasteiger charge is -2.25. The fourth-order valence-corrected chi connectivity index (χ4v) is 2.14. The van der Waals surface area contributed by atoms with Crippen molar-refractivity contribution in [1.29, 1.82) is 0 Å². The van der Waals surface area contributed by atoms with E-state index in [1.807, 2.05) is 68.3 Å². The summed E-state index contributed by atoms with van der Waals surface area (Å²) in [6, 6.07) is 13.5. The summed E-state index contributed by atoms with van der Waals surface area (Å²) in [5, 5.41) is 3.05. The van der Waals surface area contributed by atoms with Gasteiger partial charge in [-0.1, -0.05) is 30.3 Å². The first kappa shape index (κ1) is 15.3. The van der Waals surface area contributed by atoms with Crippen molar-refractivity contribution in [3.63, 3.8) is 0 Å². The summed E-state index contributed by atoms with van der Waals surface area (Å²) in [4.78, 5) is 14.3. The third-order valence-corrected chi connectivity index (χ3v) is 3.68. The van der Waals surface area contributed by atoms with E-state index in [0.717, 1.165) is 11.3 Å². The minimum Gasteiger partial charge on any atom is -0.468 e. The van der Waals surface area contributed by atoms with E-state index in [9.17, 15) is 4.79 Å².